The second kappa shape index (κ2) is 8.10. The van der Waals surface area contributed by atoms with Crippen LogP contribution in [0.3, 0.4) is 0 Å². The summed E-state index contributed by atoms with van der Waals surface area (Å²) in [5, 5.41) is 22.1. The topological polar surface area (TPSA) is 191 Å². The minimum atomic E-state index is -4.96. The van der Waals surface area contributed by atoms with Gasteiger partial charge in [-0.05, 0) is 23.4 Å². The van der Waals surface area contributed by atoms with Crippen molar-refractivity contribution in [2.75, 3.05) is 12.5 Å². The number of nitrogens with one attached hydrogen (secondary N) is 2. The van der Waals surface area contributed by atoms with Crippen LogP contribution in [0, 0.1) is 10.1 Å². The molecule has 0 aliphatic carbocycles. The van der Waals surface area contributed by atoms with E-state index in [4.69, 9.17) is 4.74 Å². The number of amides is 1. The molecule has 15 heteroatoms. The standard InChI is InChI=1S/C15H13N7O7S/c1-29-12-7-11(22(24)25)13(30(26,27)28)8-10(12)21-19-14(17-20-21)15(23)18-16-9-5-3-2-4-6-9/h2-8,16H,1H3,(H,18,23)(H,26,27,28). The van der Waals surface area contributed by atoms with Gasteiger partial charge >= 0.3 is 16.0 Å². The van der Waals surface area contributed by atoms with Gasteiger partial charge in [-0.25, -0.2) is 0 Å². The number of methoxy groups -OCH3 is 1. The second-order valence-electron chi connectivity index (χ2n) is 5.57. The summed E-state index contributed by atoms with van der Waals surface area (Å²) in [5.74, 6) is -1.35. The number of nitro groups is 1. The van der Waals surface area contributed by atoms with Crippen LogP contribution >= 0.6 is 0 Å². The number of ether oxygens (including phenoxy) is 1. The van der Waals surface area contributed by atoms with Crippen molar-refractivity contribution in [2.45, 2.75) is 4.90 Å². The molecule has 3 aromatic rings. The summed E-state index contributed by atoms with van der Waals surface area (Å²) in [6.07, 6.45) is 0. The van der Waals surface area contributed by atoms with Gasteiger partial charge in [-0.3, -0.25) is 30.3 Å². The van der Waals surface area contributed by atoms with Crippen LogP contribution in [0.1, 0.15) is 10.6 Å². The number of para-hydroxylation sites is 1. The molecule has 14 nitrogen and oxygen atoms in total. The van der Waals surface area contributed by atoms with Crippen molar-refractivity contribution in [3.63, 3.8) is 0 Å². The van der Waals surface area contributed by atoms with Crippen LogP contribution in [0.15, 0.2) is 47.4 Å². The Bertz CT molecular complexity index is 1210. The third-order valence-electron chi connectivity index (χ3n) is 3.66. The van der Waals surface area contributed by atoms with Crippen LogP contribution in [-0.4, -0.2) is 51.1 Å². The number of nitrogens with zero attached hydrogens (tertiary/aromatic N) is 5. The van der Waals surface area contributed by atoms with E-state index in [9.17, 15) is 27.9 Å². The van der Waals surface area contributed by atoms with E-state index < -0.39 is 37.4 Å². The molecule has 0 saturated carbocycles. The van der Waals surface area contributed by atoms with Gasteiger partial charge in [-0.15, -0.1) is 15.0 Å². The fourth-order valence-electron chi connectivity index (χ4n) is 2.32. The molecular weight excluding hydrogens is 422 g/mol. The van der Waals surface area contributed by atoms with Crippen LogP contribution in [-0.2, 0) is 10.1 Å². The monoisotopic (exact) mass is 435 g/mol. The molecule has 0 fully saturated rings. The Balaban J connectivity index is 1.94. The van der Waals surface area contributed by atoms with Crippen molar-refractivity contribution in [1.82, 2.24) is 25.6 Å². The highest BCUT2D eigenvalue weighted by Crippen LogP contribution is 2.33. The number of nitro benzene ring substituents is 1. The summed E-state index contributed by atoms with van der Waals surface area (Å²) < 4.78 is 37.4. The van der Waals surface area contributed by atoms with Gasteiger partial charge in [0.15, 0.2) is 10.6 Å². The summed E-state index contributed by atoms with van der Waals surface area (Å²) in [6, 6.07) is 10.2. The Labute approximate surface area is 168 Å². The van der Waals surface area contributed by atoms with E-state index in [1.807, 2.05) is 0 Å². The summed E-state index contributed by atoms with van der Waals surface area (Å²) in [5.41, 5.74) is 4.45. The van der Waals surface area contributed by atoms with Crippen molar-refractivity contribution >= 4 is 27.4 Å². The molecule has 0 saturated heterocycles. The molecule has 1 heterocycles. The second-order valence-corrected chi connectivity index (χ2v) is 6.96. The largest absolute Gasteiger partial charge is 0.494 e. The highest BCUT2D eigenvalue weighted by Gasteiger charge is 2.29. The van der Waals surface area contributed by atoms with Crippen molar-refractivity contribution in [3.05, 3.63) is 58.4 Å². The molecule has 0 atom stereocenters. The van der Waals surface area contributed by atoms with Crippen LogP contribution in [0.2, 0.25) is 0 Å². The number of anilines is 1. The van der Waals surface area contributed by atoms with Crippen molar-refractivity contribution in [3.8, 4) is 11.4 Å². The number of tetrazole rings is 1. The highest BCUT2D eigenvalue weighted by atomic mass is 32.2. The first-order valence-corrected chi connectivity index (χ1v) is 9.40. The molecule has 0 aliphatic rings. The van der Waals surface area contributed by atoms with Crippen molar-refractivity contribution in [1.29, 1.82) is 0 Å². The average molecular weight is 435 g/mol. The van der Waals surface area contributed by atoms with Gasteiger partial charge in [0.2, 0.25) is 0 Å². The molecule has 2 aromatic carbocycles. The van der Waals surface area contributed by atoms with Gasteiger partial charge in [0.1, 0.15) is 5.69 Å². The maximum absolute atomic E-state index is 12.2. The third kappa shape index (κ3) is 4.31. The Morgan fingerprint density at radius 1 is 1.27 bits per heavy atom. The summed E-state index contributed by atoms with van der Waals surface area (Å²) in [7, 11) is -3.79. The SMILES string of the molecule is COc1cc([N+](=O)[O-])c(S(=O)(=O)O)cc1-n1nnc(C(=O)NNc2ccccc2)n1. The van der Waals surface area contributed by atoms with E-state index in [2.05, 4.69) is 26.3 Å². The summed E-state index contributed by atoms with van der Waals surface area (Å²) in [4.78, 5) is 22.0. The summed E-state index contributed by atoms with van der Waals surface area (Å²) >= 11 is 0. The van der Waals surface area contributed by atoms with Gasteiger partial charge in [0.25, 0.3) is 11.5 Å². The molecule has 3 rings (SSSR count). The van der Waals surface area contributed by atoms with E-state index in [-0.39, 0.29) is 11.4 Å². The lowest BCUT2D eigenvalue weighted by molar-refractivity contribution is -0.388. The average Bonchev–Trinajstić information content (AvgIpc) is 3.21. The van der Waals surface area contributed by atoms with E-state index >= 15 is 0 Å². The fraction of sp³-hybridized carbons (Fsp3) is 0.0667. The first kappa shape index (κ1) is 20.6. The van der Waals surface area contributed by atoms with E-state index in [1.165, 1.54) is 7.11 Å². The lowest BCUT2D eigenvalue weighted by Crippen LogP contribution is -2.30. The molecule has 1 amide bonds. The number of carbonyl (C=O) groups excluding carboxylic acids is 1. The number of aromatic nitrogens is 4. The summed E-state index contributed by atoms with van der Waals surface area (Å²) in [6.45, 7) is 0. The number of hydrogen-bond acceptors (Lipinski definition) is 10. The number of hydrazine groups is 1. The molecule has 0 aliphatic heterocycles. The lowest BCUT2D eigenvalue weighted by Gasteiger charge is -2.09. The van der Waals surface area contributed by atoms with Crippen molar-refractivity contribution in [2.24, 2.45) is 0 Å². The van der Waals surface area contributed by atoms with Crippen LogP contribution < -0.4 is 15.6 Å². The van der Waals surface area contributed by atoms with Gasteiger partial charge in [-0.2, -0.15) is 8.42 Å². The maximum atomic E-state index is 12.2. The van der Waals surface area contributed by atoms with Gasteiger partial charge < -0.3 is 4.74 Å². The van der Waals surface area contributed by atoms with Crippen molar-refractivity contribution < 1.29 is 27.4 Å². The zero-order chi connectivity index (χ0) is 21.9. The minimum Gasteiger partial charge on any atom is -0.494 e. The highest BCUT2D eigenvalue weighted by molar-refractivity contribution is 7.86. The number of benzene rings is 2. The first-order valence-electron chi connectivity index (χ1n) is 7.96. The molecular formula is C15H13N7O7S. The zero-order valence-electron chi connectivity index (χ0n) is 15.1. The molecule has 156 valence electrons. The lowest BCUT2D eigenvalue weighted by atomic mass is 10.2. The predicted octanol–water partition coefficient (Wildman–Crippen LogP) is 0.583. The fourth-order valence-corrected chi connectivity index (χ4v) is 2.98. The van der Waals surface area contributed by atoms with Crippen LogP contribution in [0.25, 0.3) is 5.69 Å². The zero-order valence-corrected chi connectivity index (χ0v) is 15.9. The maximum Gasteiger partial charge on any atom is 0.311 e. The Morgan fingerprint density at radius 2 is 1.97 bits per heavy atom. The van der Waals surface area contributed by atoms with Gasteiger partial charge in [0, 0.05) is 0 Å². The minimum absolute atomic E-state index is 0.194. The van der Waals surface area contributed by atoms with Crippen LogP contribution in [0.4, 0.5) is 11.4 Å². The smallest absolute Gasteiger partial charge is 0.311 e. The Morgan fingerprint density at radius 3 is 2.57 bits per heavy atom. The predicted molar refractivity (Wildman–Crippen MR) is 99.7 cm³/mol. The molecule has 3 N–H and O–H groups in total. The molecule has 0 unspecified atom stereocenters. The number of carbonyl (C=O) groups is 1. The van der Waals surface area contributed by atoms with Crippen LogP contribution in [0.5, 0.6) is 5.75 Å². The third-order valence-corrected chi connectivity index (χ3v) is 4.54. The molecule has 0 radical (unpaired) electrons. The first-order chi connectivity index (χ1) is 14.2. The number of rotatable bonds is 7. The van der Waals surface area contributed by atoms with Gasteiger partial charge in [0.05, 0.1) is 23.8 Å². The molecule has 0 spiro atoms. The Kier molecular flexibility index (Phi) is 5.56. The quantitative estimate of drug-likeness (QED) is 0.267. The normalized spacial score (nSPS) is 11.0. The number of hydrogen-bond donors (Lipinski definition) is 3. The van der Waals surface area contributed by atoms with Gasteiger partial charge in [-0.1, -0.05) is 18.2 Å². The molecule has 0 bridgehead atoms. The molecule has 1 aromatic heterocycles. The molecule has 30 heavy (non-hydrogen) atoms. The Hall–Kier alpha value is -4.11. The van der Waals surface area contributed by atoms with E-state index in [0.29, 0.717) is 5.69 Å². The van der Waals surface area contributed by atoms with E-state index in [1.54, 1.807) is 30.3 Å². The van der Waals surface area contributed by atoms with E-state index in [0.717, 1.165) is 16.9 Å².